The van der Waals surface area contributed by atoms with Crippen LogP contribution in [-0.4, -0.2) is 5.11 Å². The zero-order chi connectivity index (χ0) is 8.72. The number of hydrogen-bond acceptors (Lipinski definition) is 2. The van der Waals surface area contributed by atoms with Crippen molar-refractivity contribution in [3.05, 3.63) is 26.1 Å². The predicted octanol–water partition coefficient (Wildman–Crippen LogP) is 3.86. The van der Waals surface area contributed by atoms with Gasteiger partial charge in [0, 0.05) is 13.7 Å². The van der Waals surface area contributed by atoms with E-state index in [4.69, 9.17) is 11.6 Å². The molecule has 0 bridgehead atoms. The van der Waals surface area contributed by atoms with Crippen molar-refractivity contribution >= 4 is 55.6 Å². The van der Waals surface area contributed by atoms with E-state index in [1.807, 2.05) is 6.07 Å². The highest BCUT2D eigenvalue weighted by Gasteiger charge is 2.05. The number of phenolic OH excluding ortho intramolecular Hbond substituents is 1. The number of rotatable bonds is 0. The van der Waals surface area contributed by atoms with Gasteiger partial charge in [0.25, 0.3) is 0 Å². The number of halogens is 2. The highest BCUT2D eigenvalue weighted by molar-refractivity contribution is 14.1. The fourth-order valence-electron chi connectivity index (χ4n) is 1.06. The number of thiophene rings is 1. The van der Waals surface area contributed by atoms with Crippen molar-refractivity contribution in [2.75, 3.05) is 0 Å². The summed E-state index contributed by atoms with van der Waals surface area (Å²) in [4.78, 5) is 0. The molecule has 62 valence electrons. The Morgan fingerprint density at radius 3 is 2.83 bits per heavy atom. The number of hydrogen-bond donors (Lipinski definition) is 1. The first kappa shape index (κ1) is 8.59. The average molecular weight is 311 g/mol. The summed E-state index contributed by atoms with van der Waals surface area (Å²) >= 11 is 9.46. The number of benzene rings is 1. The molecule has 1 N–H and O–H groups in total. The standard InChI is InChI=1S/C8H4ClIOS/c9-8-3-5-6(11)1-4(10)2-7(5)12-8/h1-3,11H. The minimum Gasteiger partial charge on any atom is -0.507 e. The molecule has 0 saturated heterocycles. The van der Waals surface area contributed by atoms with Crippen LogP contribution in [0.25, 0.3) is 10.1 Å². The van der Waals surface area contributed by atoms with Gasteiger partial charge in [0.15, 0.2) is 0 Å². The minimum atomic E-state index is 0.306. The Morgan fingerprint density at radius 1 is 1.33 bits per heavy atom. The lowest BCUT2D eigenvalue weighted by molar-refractivity contribution is 0.481. The molecule has 1 aromatic heterocycles. The second-order valence-electron chi connectivity index (χ2n) is 2.39. The Kier molecular flexibility index (Phi) is 2.18. The molecule has 12 heavy (non-hydrogen) atoms. The minimum absolute atomic E-state index is 0.306. The van der Waals surface area contributed by atoms with Crippen LogP contribution in [0, 0.1) is 3.57 Å². The highest BCUT2D eigenvalue weighted by Crippen LogP contribution is 2.35. The lowest BCUT2D eigenvalue weighted by atomic mass is 10.2. The topological polar surface area (TPSA) is 20.2 Å². The van der Waals surface area contributed by atoms with E-state index in [0.29, 0.717) is 10.1 Å². The van der Waals surface area contributed by atoms with Crippen LogP contribution in [0.2, 0.25) is 4.34 Å². The molecule has 0 amide bonds. The van der Waals surface area contributed by atoms with Gasteiger partial charge in [-0.3, -0.25) is 0 Å². The van der Waals surface area contributed by atoms with E-state index in [-0.39, 0.29) is 0 Å². The smallest absolute Gasteiger partial charge is 0.125 e. The van der Waals surface area contributed by atoms with Gasteiger partial charge in [0.05, 0.1) is 4.34 Å². The molecule has 2 aromatic rings. The normalized spacial score (nSPS) is 10.8. The molecule has 0 fully saturated rings. The van der Waals surface area contributed by atoms with Crippen LogP contribution in [0.3, 0.4) is 0 Å². The fraction of sp³-hybridized carbons (Fsp3) is 0. The van der Waals surface area contributed by atoms with E-state index in [1.165, 1.54) is 11.3 Å². The highest BCUT2D eigenvalue weighted by atomic mass is 127. The van der Waals surface area contributed by atoms with Crippen molar-refractivity contribution in [1.82, 2.24) is 0 Å². The molecule has 1 heterocycles. The van der Waals surface area contributed by atoms with Gasteiger partial charge in [0.2, 0.25) is 0 Å². The molecule has 0 aliphatic rings. The Hall–Kier alpha value is -0.000000000000000111. The molecule has 4 heteroatoms. The zero-order valence-electron chi connectivity index (χ0n) is 5.84. The fourth-order valence-corrected chi connectivity index (χ4v) is 3.08. The average Bonchev–Trinajstić information content (AvgIpc) is 2.29. The Labute approximate surface area is 92.1 Å². The monoisotopic (exact) mass is 310 g/mol. The Morgan fingerprint density at radius 2 is 2.08 bits per heavy atom. The molecule has 0 radical (unpaired) electrons. The number of phenols is 1. The van der Waals surface area contributed by atoms with Gasteiger partial charge in [-0.2, -0.15) is 0 Å². The maximum absolute atomic E-state index is 9.51. The molecular weight excluding hydrogens is 307 g/mol. The Bertz CT molecular complexity index is 438. The third-order valence-corrected chi connectivity index (χ3v) is 3.38. The molecule has 0 unspecified atom stereocenters. The summed E-state index contributed by atoms with van der Waals surface area (Å²) in [6, 6.07) is 5.52. The SMILES string of the molecule is Oc1cc(I)cc2sc(Cl)cc12. The summed E-state index contributed by atoms with van der Waals surface area (Å²) in [5.74, 6) is 0.306. The second-order valence-corrected chi connectivity index (χ2v) is 5.35. The van der Waals surface area contributed by atoms with E-state index in [1.54, 1.807) is 12.1 Å². The van der Waals surface area contributed by atoms with Gasteiger partial charge in [-0.25, -0.2) is 0 Å². The zero-order valence-corrected chi connectivity index (χ0v) is 9.57. The van der Waals surface area contributed by atoms with Crippen molar-refractivity contribution in [2.45, 2.75) is 0 Å². The molecule has 0 atom stereocenters. The van der Waals surface area contributed by atoms with Crippen LogP contribution in [0.5, 0.6) is 5.75 Å². The first-order valence-corrected chi connectivity index (χ1v) is 5.52. The van der Waals surface area contributed by atoms with Crippen molar-refractivity contribution in [1.29, 1.82) is 0 Å². The quantitative estimate of drug-likeness (QED) is 0.733. The van der Waals surface area contributed by atoms with E-state index in [0.717, 1.165) is 13.7 Å². The van der Waals surface area contributed by atoms with Crippen molar-refractivity contribution in [3.8, 4) is 5.75 Å². The second kappa shape index (κ2) is 3.05. The van der Waals surface area contributed by atoms with Gasteiger partial charge in [-0.1, -0.05) is 11.6 Å². The van der Waals surface area contributed by atoms with Gasteiger partial charge < -0.3 is 5.11 Å². The lowest BCUT2D eigenvalue weighted by Gasteiger charge is -1.94. The van der Waals surface area contributed by atoms with Crippen molar-refractivity contribution in [3.63, 3.8) is 0 Å². The van der Waals surface area contributed by atoms with Crippen LogP contribution in [0.4, 0.5) is 0 Å². The largest absolute Gasteiger partial charge is 0.507 e. The van der Waals surface area contributed by atoms with E-state index in [2.05, 4.69) is 22.6 Å². The summed E-state index contributed by atoms with van der Waals surface area (Å²) in [6.07, 6.45) is 0. The third kappa shape index (κ3) is 1.41. The first-order chi connectivity index (χ1) is 5.66. The van der Waals surface area contributed by atoms with Gasteiger partial charge in [0.1, 0.15) is 5.75 Å². The third-order valence-electron chi connectivity index (χ3n) is 1.55. The van der Waals surface area contributed by atoms with Crippen LogP contribution in [0.15, 0.2) is 18.2 Å². The molecule has 2 rings (SSSR count). The van der Waals surface area contributed by atoms with E-state index in [9.17, 15) is 5.11 Å². The lowest BCUT2D eigenvalue weighted by Crippen LogP contribution is -1.70. The van der Waals surface area contributed by atoms with Crippen LogP contribution in [0.1, 0.15) is 0 Å². The van der Waals surface area contributed by atoms with Gasteiger partial charge in [-0.05, 0) is 40.8 Å². The van der Waals surface area contributed by atoms with Crippen LogP contribution < -0.4 is 0 Å². The van der Waals surface area contributed by atoms with Crippen molar-refractivity contribution < 1.29 is 5.11 Å². The maximum Gasteiger partial charge on any atom is 0.125 e. The molecule has 0 spiro atoms. The predicted molar refractivity (Wildman–Crippen MR) is 61.2 cm³/mol. The summed E-state index contributed by atoms with van der Waals surface area (Å²) in [5.41, 5.74) is 0. The molecular formula is C8H4ClIOS. The molecule has 0 saturated carbocycles. The van der Waals surface area contributed by atoms with Gasteiger partial charge >= 0.3 is 0 Å². The summed E-state index contributed by atoms with van der Waals surface area (Å²) < 4.78 is 2.77. The van der Waals surface area contributed by atoms with E-state index >= 15 is 0 Å². The summed E-state index contributed by atoms with van der Waals surface area (Å²) in [6.45, 7) is 0. The molecule has 0 aliphatic carbocycles. The van der Waals surface area contributed by atoms with Crippen LogP contribution >= 0.6 is 45.5 Å². The first-order valence-electron chi connectivity index (χ1n) is 3.24. The van der Waals surface area contributed by atoms with Crippen molar-refractivity contribution in [2.24, 2.45) is 0 Å². The summed E-state index contributed by atoms with van der Waals surface area (Å²) in [7, 11) is 0. The molecule has 1 nitrogen and oxygen atoms in total. The molecule has 1 aromatic carbocycles. The number of fused-ring (bicyclic) bond motifs is 1. The Balaban J connectivity index is 2.88. The molecule has 0 aliphatic heterocycles. The van der Waals surface area contributed by atoms with Crippen LogP contribution in [-0.2, 0) is 0 Å². The summed E-state index contributed by atoms with van der Waals surface area (Å²) in [5, 5.41) is 10.3. The number of aromatic hydroxyl groups is 1. The van der Waals surface area contributed by atoms with Gasteiger partial charge in [-0.15, -0.1) is 11.3 Å². The van der Waals surface area contributed by atoms with E-state index < -0.39 is 0 Å². The maximum atomic E-state index is 9.51.